The molecule has 6 unspecified atom stereocenters. The molecule has 99 heavy (non-hydrogen) atoms. The van der Waals surface area contributed by atoms with E-state index in [4.69, 9.17) is 23.7 Å². The minimum Gasteiger partial charge on any atom is -0.431 e. The van der Waals surface area contributed by atoms with Crippen molar-refractivity contribution in [1.82, 2.24) is 0 Å². The lowest BCUT2D eigenvalue weighted by atomic mass is 9.61. The molecule has 0 N–H and O–H groups in total. The average molecular weight is 1380 g/mol. The van der Waals surface area contributed by atoms with Crippen molar-refractivity contribution in [3.05, 3.63) is 0 Å². The summed E-state index contributed by atoms with van der Waals surface area (Å²) in [6, 6.07) is 0. The molecule has 0 radical (unpaired) electrons. The number of hydrogen-bond donors (Lipinski definition) is 0. The Bertz CT molecular complexity index is 1870. The first-order chi connectivity index (χ1) is 48.7. The lowest BCUT2D eigenvalue weighted by molar-refractivity contribution is -0.117. The smallest absolute Gasteiger partial charge is 0.431 e. The van der Waals surface area contributed by atoms with Crippen LogP contribution in [0.1, 0.15) is 399 Å². The van der Waals surface area contributed by atoms with Crippen LogP contribution in [0.4, 0.5) is 4.79 Å². The fraction of sp³-hybridized carbons (Fsp3) is 0.978. The number of ether oxygens (including phenoxy) is 7. The van der Waals surface area contributed by atoms with Crippen molar-refractivity contribution in [2.45, 2.75) is 424 Å². The van der Waals surface area contributed by atoms with Gasteiger partial charge < -0.3 is 33.2 Å². The van der Waals surface area contributed by atoms with Crippen LogP contribution in [0.3, 0.4) is 0 Å². The number of carbonyl (C=O) groups is 2. The van der Waals surface area contributed by atoms with Crippen molar-refractivity contribution in [3.63, 3.8) is 0 Å². The summed E-state index contributed by atoms with van der Waals surface area (Å²) in [5.41, 5.74) is 0.640. The van der Waals surface area contributed by atoms with Crippen molar-refractivity contribution in [3.8, 4) is 0 Å². The Hall–Kier alpha value is -1.26. The molecule has 0 aromatic heterocycles. The fourth-order valence-electron chi connectivity index (χ4n) is 23.7. The van der Waals surface area contributed by atoms with Crippen molar-refractivity contribution in [2.75, 3.05) is 46.4 Å². The molecule has 6 aliphatic heterocycles. The Morgan fingerprint density at radius 2 is 0.626 bits per heavy atom. The van der Waals surface area contributed by atoms with Gasteiger partial charge >= 0.3 is 6.16 Å². The SMILES string of the molecule is C1CC2C3CCC(C3)C2C1.C1CC2CC(C1)C2.C1CC2CCC1C2.C1CC2CCC1O2.C1CC2OCCC2O1.C1CCC(C2CCCCC2)CC1.C1CCC2CCCCC2C1.C1CCCCC1.C1COCO1.CC(C)(C1CCCCC1)C1CCCCC1.O=C1CCCC1.O=C1OCCO1. The summed E-state index contributed by atoms with van der Waals surface area (Å²) in [7, 11) is 0. The highest BCUT2D eigenvalue weighted by molar-refractivity contribution is 5.80. The molecule has 0 amide bonds. The van der Waals surface area contributed by atoms with Crippen molar-refractivity contribution in [2.24, 2.45) is 88.3 Å². The van der Waals surface area contributed by atoms with E-state index in [1.165, 1.54) is 246 Å². The molecule has 8 bridgehead atoms. The molecule has 0 spiro atoms. The Kier molecular flexibility index (Phi) is 37.4. The Morgan fingerprint density at radius 3 is 0.889 bits per heavy atom. The van der Waals surface area contributed by atoms with E-state index >= 15 is 0 Å². The standard InChI is InChI=1S/C15H28.C12H22.C10H16.C10H18.2C7H12.C6H10O2.C6H10O.C6H12.C5H8O.C3H4O3.C3H6O2/c1-15(2,13-9-5-3-6-10-13)14-11-7-4-8-12-14;1-3-7-11(8-4-1)12-9-5-2-6-10-12;1-2-9-7-4-5-8(6-7)10(9)3-1;1-2-6-10-8-4-3-7-9(10)5-1;1-2-7-4-3-6(1)5-7;1-2-6-4-7(3-1)5-6;1-3-7-6-2-4-8-5(1)6;1-2-6-4-3-5(1)7-6;1-2-4-6-5-3-1;6-5-3-1-2-4-5;4-3-5-1-2-6-3;1-2-5-3-4-1/h13-14H,3-12H2,1-2H3;11-12H,1-10H2;7-10H,1-6H2;9-10H,1-8H2;2*6-7H,1-5H2;5-6H,1-4H2;5-6H,1-4H2;1-6H2;1-4H2;1-2H2;1-3H2. The highest BCUT2D eigenvalue weighted by Crippen LogP contribution is 2.59. The molecule has 0 aromatic rings. The van der Waals surface area contributed by atoms with Crippen LogP contribution in [0.5, 0.6) is 0 Å². The number of Topliss-reactive ketones (excluding diaryl/α,β-unsaturated/α-hetero) is 1. The van der Waals surface area contributed by atoms with E-state index in [-0.39, 0.29) is 0 Å². The minimum atomic E-state index is -0.546. The van der Waals surface area contributed by atoms with E-state index in [1.807, 2.05) is 0 Å². The minimum absolute atomic E-state index is 0.416. The zero-order valence-electron chi connectivity index (χ0n) is 64.9. The summed E-state index contributed by atoms with van der Waals surface area (Å²) in [5, 5.41) is 0. The second-order valence-electron chi connectivity index (χ2n) is 36.9. The van der Waals surface area contributed by atoms with E-state index in [0.29, 0.717) is 55.6 Å². The summed E-state index contributed by atoms with van der Waals surface area (Å²) in [4.78, 5) is 20.0. The van der Waals surface area contributed by atoms with Crippen LogP contribution in [0, 0.1) is 88.3 Å². The second kappa shape index (κ2) is 46.1. The highest BCUT2D eigenvalue weighted by atomic mass is 16.8. The first-order valence-corrected chi connectivity index (χ1v) is 45.1. The monoisotopic (exact) mass is 1380 g/mol. The predicted molar refractivity (Wildman–Crippen MR) is 407 cm³/mol. The van der Waals surface area contributed by atoms with Gasteiger partial charge in [-0.25, -0.2) is 4.79 Å². The summed E-state index contributed by atoms with van der Waals surface area (Å²) >= 11 is 0. The topological polar surface area (TPSA) is 98.8 Å². The third-order valence-corrected chi connectivity index (χ3v) is 29.9. The van der Waals surface area contributed by atoms with E-state index < -0.39 is 6.16 Å². The van der Waals surface area contributed by atoms with Crippen LogP contribution in [-0.4, -0.2) is 82.8 Å². The van der Waals surface area contributed by atoms with E-state index in [9.17, 15) is 9.59 Å². The van der Waals surface area contributed by atoms with Gasteiger partial charge in [-0.2, -0.15) is 0 Å². The molecule has 22 aliphatic rings. The molecule has 9 nitrogen and oxygen atoms in total. The molecule has 22 fully saturated rings. The van der Waals surface area contributed by atoms with Crippen molar-refractivity contribution >= 4 is 11.9 Å². The fourth-order valence-corrected chi connectivity index (χ4v) is 23.7. The van der Waals surface area contributed by atoms with Gasteiger partial charge in [0.15, 0.2) is 0 Å². The maximum Gasteiger partial charge on any atom is 0.508 e. The van der Waals surface area contributed by atoms with Crippen molar-refractivity contribution in [1.29, 1.82) is 0 Å². The van der Waals surface area contributed by atoms with Gasteiger partial charge in [-0.05, 0) is 217 Å². The summed E-state index contributed by atoms with van der Waals surface area (Å²) in [6.07, 6.45) is 90.2. The van der Waals surface area contributed by atoms with E-state index in [0.717, 1.165) is 100 Å². The predicted octanol–water partition coefficient (Wildman–Crippen LogP) is 25.4. The molecule has 22 rings (SSSR count). The van der Waals surface area contributed by atoms with Crippen LogP contribution < -0.4 is 0 Å². The average Bonchev–Trinajstić information content (AvgIpc) is 1.64. The molecular weight excluding hydrogens is 1220 g/mol. The molecular formula is C90H158O9. The Morgan fingerprint density at radius 1 is 0.283 bits per heavy atom. The van der Waals surface area contributed by atoms with Crippen LogP contribution in [0.2, 0.25) is 0 Å². The quantitative estimate of drug-likeness (QED) is 0.256. The third kappa shape index (κ3) is 28.4. The van der Waals surface area contributed by atoms with Crippen LogP contribution in [0.25, 0.3) is 0 Å². The van der Waals surface area contributed by atoms with Gasteiger partial charge in [0.1, 0.15) is 25.8 Å². The van der Waals surface area contributed by atoms with Gasteiger partial charge in [-0.1, -0.05) is 258 Å². The number of hydrogen-bond acceptors (Lipinski definition) is 9. The van der Waals surface area contributed by atoms with Crippen LogP contribution >= 0.6 is 0 Å². The van der Waals surface area contributed by atoms with Gasteiger partial charge in [0.05, 0.1) is 37.6 Å². The largest absolute Gasteiger partial charge is 0.508 e. The van der Waals surface area contributed by atoms with Gasteiger partial charge in [-0.3, -0.25) is 4.79 Å². The molecule has 16 aliphatic carbocycles. The van der Waals surface area contributed by atoms with Crippen molar-refractivity contribution < 1.29 is 42.7 Å². The maximum absolute atomic E-state index is 10.2. The number of rotatable bonds is 3. The normalized spacial score (nSPS) is 36.5. The zero-order valence-corrected chi connectivity index (χ0v) is 64.9. The first-order valence-electron chi connectivity index (χ1n) is 45.1. The van der Waals surface area contributed by atoms with Crippen LogP contribution in [0.15, 0.2) is 0 Å². The number of cyclic esters (lactones) is 2. The van der Waals surface area contributed by atoms with E-state index in [1.54, 1.807) is 148 Å². The summed E-state index contributed by atoms with van der Waals surface area (Å²) in [6.45, 7) is 9.85. The highest BCUT2D eigenvalue weighted by Gasteiger charge is 2.49. The van der Waals surface area contributed by atoms with E-state index in [2.05, 4.69) is 23.3 Å². The lowest BCUT2D eigenvalue weighted by Gasteiger charge is -2.44. The number of carbonyl (C=O) groups excluding carboxylic acids is 2. The summed E-state index contributed by atoms with van der Waals surface area (Å²) in [5.74, 6) is 16.6. The Balaban J connectivity index is 0.000000118. The first kappa shape index (κ1) is 80.3. The molecule has 6 atom stereocenters. The summed E-state index contributed by atoms with van der Waals surface area (Å²) < 4.78 is 34.2. The van der Waals surface area contributed by atoms with Gasteiger partial charge in [0, 0.05) is 26.1 Å². The molecule has 6 saturated heterocycles. The maximum atomic E-state index is 10.2. The van der Waals surface area contributed by atoms with Crippen LogP contribution in [-0.2, 0) is 38.0 Å². The molecule has 9 heteroatoms. The lowest BCUT2D eigenvalue weighted by Crippen LogP contribution is -2.35. The number of ketones is 1. The van der Waals surface area contributed by atoms with Gasteiger partial charge in [0.25, 0.3) is 0 Å². The zero-order chi connectivity index (χ0) is 68.4. The molecule has 16 saturated carbocycles. The molecule has 572 valence electrons. The van der Waals surface area contributed by atoms with Gasteiger partial charge in [0.2, 0.25) is 0 Å². The molecule has 6 heterocycles. The molecule has 0 aromatic carbocycles. The third-order valence-electron chi connectivity index (χ3n) is 29.9. The second-order valence-corrected chi connectivity index (χ2v) is 36.9. The number of fused-ring (bicyclic) bond motifs is 13. The Labute approximate surface area is 609 Å². The van der Waals surface area contributed by atoms with Gasteiger partial charge in [-0.15, -0.1) is 0 Å².